The molecule has 52 heteroatoms. The molecule has 0 amide bonds. The Labute approximate surface area is 340 Å². The van der Waals surface area contributed by atoms with Crippen molar-refractivity contribution >= 4 is 77.5 Å². The summed E-state index contributed by atoms with van der Waals surface area (Å²) >= 11 is 0. The van der Waals surface area contributed by atoms with Crippen LogP contribution in [0.15, 0.2) is 0 Å². The van der Waals surface area contributed by atoms with Crippen molar-refractivity contribution in [3.05, 3.63) is 12.4 Å². The third-order valence-electron chi connectivity index (χ3n) is 4.51. The summed E-state index contributed by atoms with van der Waals surface area (Å²) in [5, 5.41) is -41.9. The average Bonchev–Trinajstić information content (AvgIpc) is 2.92. The summed E-state index contributed by atoms with van der Waals surface area (Å²) in [6.45, 7) is 0. The van der Waals surface area contributed by atoms with Gasteiger partial charge in [-0.25, -0.2) is 50.5 Å². The molecule has 0 saturated heterocycles. The molecule has 0 rings (SSSR count). The normalized spacial score (nSPS) is 15.8. The average molecular weight is 1170 g/mol. The molecule has 0 heterocycles. The van der Waals surface area contributed by atoms with Crippen LogP contribution >= 0.6 is 0 Å². The molecule has 0 aromatic rings. The molecule has 0 N–H and O–H groups in total. The van der Waals surface area contributed by atoms with E-state index < -0.39 is 129 Å². The summed E-state index contributed by atoms with van der Waals surface area (Å²) in [4.78, 5) is 0. The molecule has 0 fully saturated rings. The standard InChI is InChI=1S/3C4F10NO4S2.Al/c3*5-1(6,7)3(11,12)20(16,17)15-21(18,19)4(13,14)2(8,9)10;/q3*-1;+3. The first-order chi connectivity index (χ1) is 26.1. The Hall–Kier alpha value is -1.99. The monoisotopic (exact) mass is 1170 g/mol. The third-order valence-corrected chi connectivity index (χ3v) is 14.5. The Kier molecular flexibility index (Phi) is 19.8. The van der Waals surface area contributed by atoms with Gasteiger partial charge >= 0.3 is 85.9 Å². The summed E-state index contributed by atoms with van der Waals surface area (Å²) < 4.78 is 483. The van der Waals surface area contributed by atoms with E-state index in [0.29, 0.717) is 12.4 Å². The largest absolute Gasteiger partial charge is 3.00 e. The Balaban J connectivity index is -0.000000419. The van der Waals surface area contributed by atoms with Crippen LogP contribution in [0.3, 0.4) is 0 Å². The van der Waals surface area contributed by atoms with Crippen LogP contribution in [0.2, 0.25) is 0 Å². The predicted molar refractivity (Wildman–Crippen MR) is 135 cm³/mol. The first kappa shape index (κ1) is 68.6. The van der Waals surface area contributed by atoms with Gasteiger partial charge in [0.1, 0.15) is 0 Å². The molecule has 64 heavy (non-hydrogen) atoms. The molecule has 0 aromatic carbocycles. The van der Waals surface area contributed by atoms with Crippen LogP contribution in [0.25, 0.3) is 12.4 Å². The van der Waals surface area contributed by atoms with E-state index in [1.54, 1.807) is 0 Å². The van der Waals surface area contributed by atoms with Crippen LogP contribution in [-0.2, 0) is 60.1 Å². The Morgan fingerprint density at radius 3 is 0.297 bits per heavy atom. The van der Waals surface area contributed by atoms with Gasteiger partial charge in [-0.1, -0.05) is 0 Å². The van der Waals surface area contributed by atoms with Crippen LogP contribution in [0.1, 0.15) is 0 Å². The zero-order valence-corrected chi connectivity index (χ0v) is 32.7. The van der Waals surface area contributed by atoms with Gasteiger partial charge in [-0.3, -0.25) is 0 Å². The molecule has 0 aliphatic carbocycles. The molecule has 0 aliphatic heterocycles. The van der Waals surface area contributed by atoms with E-state index >= 15 is 0 Å². The van der Waals surface area contributed by atoms with Gasteiger partial charge in [-0.2, -0.15) is 132 Å². The fourth-order valence-corrected chi connectivity index (χ4v) is 8.65. The van der Waals surface area contributed by atoms with Gasteiger partial charge in [0, 0.05) is 0 Å². The van der Waals surface area contributed by atoms with E-state index in [4.69, 9.17) is 0 Å². The number of hydrogen-bond donors (Lipinski definition) is 0. The minimum absolute atomic E-state index is 0. The van der Waals surface area contributed by atoms with Crippen molar-refractivity contribution in [1.29, 1.82) is 0 Å². The Morgan fingerprint density at radius 1 is 0.188 bits per heavy atom. The molecule has 0 unspecified atom stereocenters. The first-order valence-electron chi connectivity index (χ1n) is 11.5. The minimum Gasteiger partial charge on any atom is -0.425 e. The van der Waals surface area contributed by atoms with Crippen molar-refractivity contribution in [2.45, 2.75) is 68.6 Å². The maximum absolute atomic E-state index is 12.3. The molecule has 0 aromatic heterocycles. The van der Waals surface area contributed by atoms with E-state index in [0.717, 1.165) is 0 Å². The van der Waals surface area contributed by atoms with E-state index in [9.17, 15) is 182 Å². The van der Waals surface area contributed by atoms with Crippen LogP contribution < -0.4 is 0 Å². The first-order valence-corrected chi connectivity index (χ1v) is 20.1. The molecule has 0 atom stereocenters. The summed E-state index contributed by atoms with van der Waals surface area (Å²) in [5.41, 5.74) is 0. The Bertz CT molecular complexity index is 1900. The predicted octanol–water partition coefficient (Wildman–Crippen LogP) is 6.61. The Morgan fingerprint density at radius 2 is 0.250 bits per heavy atom. The molecular formula is C12AlF30N3O12S6. The van der Waals surface area contributed by atoms with Crippen molar-refractivity contribution in [3.8, 4) is 0 Å². The van der Waals surface area contributed by atoms with Crippen molar-refractivity contribution < 1.29 is 182 Å². The van der Waals surface area contributed by atoms with Crippen LogP contribution in [-0.4, -0.2) is 136 Å². The second-order valence-electron chi connectivity index (χ2n) is 9.16. The van der Waals surface area contributed by atoms with Crippen molar-refractivity contribution in [2.75, 3.05) is 0 Å². The third kappa shape index (κ3) is 13.6. The van der Waals surface area contributed by atoms with E-state index in [2.05, 4.69) is 0 Å². The van der Waals surface area contributed by atoms with Gasteiger partial charge in [0.15, 0.2) is 60.1 Å². The van der Waals surface area contributed by atoms with Gasteiger partial charge in [0.05, 0.1) is 0 Å². The van der Waals surface area contributed by atoms with E-state index in [1.165, 1.54) is 0 Å². The summed E-state index contributed by atoms with van der Waals surface area (Å²) in [5.74, 6) is 0. The van der Waals surface area contributed by atoms with Gasteiger partial charge in [0.2, 0.25) is 0 Å². The molecule has 15 nitrogen and oxygen atoms in total. The van der Waals surface area contributed by atoms with E-state index in [1.807, 2.05) is 0 Å². The number of halogens is 30. The number of rotatable bonds is 12. The van der Waals surface area contributed by atoms with Gasteiger partial charge in [-0.15, -0.1) is 0 Å². The zero-order valence-electron chi connectivity index (χ0n) is 26.6. The molecule has 0 bridgehead atoms. The minimum atomic E-state index is -7.62. The maximum atomic E-state index is 12.3. The van der Waals surface area contributed by atoms with Gasteiger partial charge < -0.3 is 12.4 Å². The van der Waals surface area contributed by atoms with E-state index in [-0.39, 0.29) is 17.4 Å². The maximum Gasteiger partial charge on any atom is 3.00 e. The second-order valence-corrected chi connectivity index (χ2v) is 19.7. The summed E-state index contributed by atoms with van der Waals surface area (Å²) in [6.07, 6.45) is -42.0. The molecule has 0 radical (unpaired) electrons. The number of alkyl halides is 30. The molecule has 0 aliphatic rings. The van der Waals surface area contributed by atoms with Crippen molar-refractivity contribution in [1.82, 2.24) is 0 Å². The topological polar surface area (TPSA) is 247 Å². The quantitative estimate of drug-likeness (QED) is 0.148. The smallest absolute Gasteiger partial charge is 0.425 e. The SMILES string of the molecule is O=S(=O)([N-]S(=O)(=O)C(F)(F)C(F)(F)F)C(F)(F)C(F)(F)F.O=S(=O)([N-]S(=O)(=O)C(F)(F)C(F)(F)F)C(F)(F)C(F)(F)F.O=S(=O)([N-]S(=O)(=O)C(F)(F)C(F)(F)F)C(F)(F)C(F)(F)F.[Al+3]. The molecular weight excluding hydrogens is 1170 g/mol. The number of sulfonamides is 6. The molecule has 384 valence electrons. The number of hydrogen-bond acceptors (Lipinski definition) is 12. The van der Waals surface area contributed by atoms with Gasteiger partial charge in [0.25, 0.3) is 0 Å². The second kappa shape index (κ2) is 18.5. The molecule has 0 saturated carbocycles. The van der Waals surface area contributed by atoms with Crippen LogP contribution in [0.5, 0.6) is 0 Å². The summed E-state index contributed by atoms with van der Waals surface area (Å²) in [7, 11) is -45.7. The fraction of sp³-hybridized carbons (Fsp3) is 1.00. The number of nitrogens with zero attached hydrogens (tertiary/aromatic N) is 3. The molecule has 0 spiro atoms. The zero-order chi connectivity index (χ0) is 53.1. The van der Waals surface area contributed by atoms with Crippen molar-refractivity contribution in [3.63, 3.8) is 0 Å². The summed E-state index contributed by atoms with van der Waals surface area (Å²) in [6, 6.07) is 0. The van der Waals surface area contributed by atoms with Crippen molar-refractivity contribution in [2.24, 2.45) is 0 Å². The van der Waals surface area contributed by atoms with Gasteiger partial charge in [-0.05, 0) is 0 Å². The van der Waals surface area contributed by atoms with Crippen LogP contribution in [0, 0.1) is 0 Å². The fourth-order valence-electron chi connectivity index (χ4n) is 1.55. The van der Waals surface area contributed by atoms with Crippen LogP contribution in [0.4, 0.5) is 132 Å².